The maximum absolute atomic E-state index is 11.7. The molecule has 0 heterocycles. The van der Waals surface area contributed by atoms with Crippen LogP contribution in [0.3, 0.4) is 0 Å². The van der Waals surface area contributed by atoms with Crippen molar-refractivity contribution in [2.75, 3.05) is 39.6 Å². The van der Waals surface area contributed by atoms with E-state index in [0.29, 0.717) is 50.7 Å². The van der Waals surface area contributed by atoms with E-state index in [1.165, 1.54) is 0 Å². The van der Waals surface area contributed by atoms with E-state index < -0.39 is 0 Å². The minimum atomic E-state index is -0.341. The zero-order valence-corrected chi connectivity index (χ0v) is 14.1. The number of alkyl carbamates (subject to hydrolysis) is 1. The molecule has 2 rings (SSSR count). The minimum Gasteiger partial charge on any atom is -0.449 e. The predicted octanol–water partition coefficient (Wildman–Crippen LogP) is 2.60. The van der Waals surface area contributed by atoms with Gasteiger partial charge in [0.2, 0.25) is 0 Å². The van der Waals surface area contributed by atoms with E-state index in [9.17, 15) is 4.79 Å². The maximum Gasteiger partial charge on any atom is 0.407 e. The molecule has 23 heavy (non-hydrogen) atoms. The van der Waals surface area contributed by atoms with Gasteiger partial charge in [0.25, 0.3) is 0 Å². The number of ether oxygens (including phenoxy) is 3. The van der Waals surface area contributed by atoms with E-state index in [4.69, 9.17) is 14.2 Å². The van der Waals surface area contributed by atoms with Crippen LogP contribution >= 0.6 is 0 Å². The van der Waals surface area contributed by atoms with Gasteiger partial charge >= 0.3 is 6.09 Å². The van der Waals surface area contributed by atoms with Crippen LogP contribution in [0.1, 0.15) is 39.0 Å². The Morgan fingerprint density at radius 2 is 1.70 bits per heavy atom. The highest BCUT2D eigenvalue weighted by atomic mass is 16.6. The molecule has 0 aliphatic heterocycles. The van der Waals surface area contributed by atoms with E-state index in [1.807, 2.05) is 0 Å². The van der Waals surface area contributed by atoms with Crippen LogP contribution in [-0.2, 0) is 14.2 Å². The molecule has 0 aromatic rings. The van der Waals surface area contributed by atoms with Crippen LogP contribution < -0.4 is 5.32 Å². The largest absolute Gasteiger partial charge is 0.449 e. The molecule has 1 N–H and O–H groups in total. The Morgan fingerprint density at radius 1 is 1.04 bits per heavy atom. The van der Waals surface area contributed by atoms with Crippen molar-refractivity contribution in [3.8, 4) is 11.8 Å². The molecular weight excluding hydrogens is 294 g/mol. The first-order valence-electron chi connectivity index (χ1n) is 8.84. The Bertz CT molecular complexity index is 397. The van der Waals surface area contributed by atoms with Crippen molar-refractivity contribution in [1.82, 2.24) is 5.32 Å². The molecule has 0 aromatic carbocycles. The maximum atomic E-state index is 11.7. The van der Waals surface area contributed by atoms with E-state index >= 15 is 0 Å². The van der Waals surface area contributed by atoms with Gasteiger partial charge in [0.15, 0.2) is 0 Å². The number of fused-ring (bicyclic) bond motifs is 1. The highest BCUT2D eigenvalue weighted by Gasteiger charge is 2.49. The summed E-state index contributed by atoms with van der Waals surface area (Å²) in [5.74, 6) is 8.35. The summed E-state index contributed by atoms with van der Waals surface area (Å²) in [6.07, 6.45) is 4.96. The van der Waals surface area contributed by atoms with Crippen molar-refractivity contribution < 1.29 is 19.0 Å². The second-order valence-corrected chi connectivity index (χ2v) is 6.17. The Morgan fingerprint density at radius 3 is 2.35 bits per heavy atom. The molecule has 1 fully saturated rings. The summed E-state index contributed by atoms with van der Waals surface area (Å²) in [5, 5.41) is 2.72. The highest BCUT2D eigenvalue weighted by Crippen LogP contribution is 2.52. The number of carbonyl (C=O) groups excluding carboxylic acids is 1. The molecule has 0 spiro atoms. The molecule has 0 bridgehead atoms. The number of rotatable bonds is 10. The second kappa shape index (κ2) is 10.5. The summed E-state index contributed by atoms with van der Waals surface area (Å²) >= 11 is 0. The summed E-state index contributed by atoms with van der Waals surface area (Å²) in [6.45, 7) is 5.49. The van der Waals surface area contributed by atoms with Crippen molar-refractivity contribution in [1.29, 1.82) is 0 Å². The molecule has 130 valence electrons. The van der Waals surface area contributed by atoms with Gasteiger partial charge in [0.1, 0.15) is 0 Å². The normalized spacial score (nSPS) is 25.3. The summed E-state index contributed by atoms with van der Waals surface area (Å²) in [4.78, 5) is 11.7. The standard InChI is InChI=1S/C18H29NO4/c1-2-10-21-12-13-22-11-9-19-18(20)23-14-17-15-7-5-3-4-6-8-16(15)17/h15-17H,2,5-14H2,1H3,(H,19,20)/t15-,16+,17?. The Labute approximate surface area is 139 Å². The van der Waals surface area contributed by atoms with Crippen molar-refractivity contribution in [3.63, 3.8) is 0 Å². The van der Waals surface area contributed by atoms with Gasteiger partial charge in [-0.05, 0) is 37.0 Å². The third-order valence-electron chi connectivity index (χ3n) is 4.48. The van der Waals surface area contributed by atoms with Gasteiger partial charge in [-0.25, -0.2) is 4.79 Å². The lowest BCUT2D eigenvalue weighted by atomic mass is 10.1. The molecule has 3 atom stereocenters. The van der Waals surface area contributed by atoms with Crippen LogP contribution in [0, 0.1) is 29.6 Å². The van der Waals surface area contributed by atoms with Crippen LogP contribution in [-0.4, -0.2) is 45.7 Å². The first-order valence-corrected chi connectivity index (χ1v) is 8.84. The summed E-state index contributed by atoms with van der Waals surface area (Å²) in [5.41, 5.74) is 0. The average Bonchev–Trinajstić information content (AvgIpc) is 3.17. The Balaban J connectivity index is 1.44. The van der Waals surface area contributed by atoms with Gasteiger partial charge in [-0.3, -0.25) is 0 Å². The molecule has 2 aliphatic carbocycles. The van der Waals surface area contributed by atoms with E-state index in [2.05, 4.69) is 24.1 Å². The Hall–Kier alpha value is -1.25. The number of hydrogen-bond acceptors (Lipinski definition) is 4. The fraction of sp³-hybridized carbons (Fsp3) is 0.833. The second-order valence-electron chi connectivity index (χ2n) is 6.17. The quantitative estimate of drug-likeness (QED) is 0.496. The van der Waals surface area contributed by atoms with Crippen molar-refractivity contribution >= 4 is 6.09 Å². The fourth-order valence-corrected chi connectivity index (χ4v) is 3.20. The van der Waals surface area contributed by atoms with Crippen LogP contribution in [0.15, 0.2) is 0 Å². The lowest BCUT2D eigenvalue weighted by Crippen LogP contribution is -2.29. The van der Waals surface area contributed by atoms with Crippen LogP contribution in [0.2, 0.25) is 0 Å². The molecule has 0 radical (unpaired) electrons. The molecule has 2 aliphatic rings. The van der Waals surface area contributed by atoms with Crippen LogP contribution in [0.4, 0.5) is 4.79 Å². The van der Waals surface area contributed by atoms with Gasteiger partial charge in [-0.15, -0.1) is 11.8 Å². The number of nitrogens with one attached hydrogen (secondary N) is 1. The third-order valence-corrected chi connectivity index (χ3v) is 4.48. The fourth-order valence-electron chi connectivity index (χ4n) is 3.20. The number of amides is 1. The van der Waals surface area contributed by atoms with E-state index in [0.717, 1.165) is 38.7 Å². The summed E-state index contributed by atoms with van der Waals surface area (Å²) < 4.78 is 16.0. The smallest absolute Gasteiger partial charge is 0.407 e. The molecule has 5 nitrogen and oxygen atoms in total. The van der Waals surface area contributed by atoms with Gasteiger partial charge in [-0.1, -0.05) is 6.92 Å². The minimum absolute atomic E-state index is 0.341. The zero-order chi connectivity index (χ0) is 16.3. The van der Waals surface area contributed by atoms with Crippen LogP contribution in [0.5, 0.6) is 0 Å². The van der Waals surface area contributed by atoms with Crippen LogP contribution in [0.25, 0.3) is 0 Å². The van der Waals surface area contributed by atoms with E-state index in [1.54, 1.807) is 0 Å². The Kier molecular flexibility index (Phi) is 8.27. The molecule has 0 aromatic heterocycles. The highest BCUT2D eigenvalue weighted by molar-refractivity contribution is 5.67. The van der Waals surface area contributed by atoms with Crippen molar-refractivity contribution in [3.05, 3.63) is 0 Å². The topological polar surface area (TPSA) is 56.8 Å². The van der Waals surface area contributed by atoms with Gasteiger partial charge < -0.3 is 19.5 Å². The molecule has 1 unspecified atom stereocenters. The molecule has 1 saturated carbocycles. The third kappa shape index (κ3) is 6.80. The lowest BCUT2D eigenvalue weighted by Gasteiger charge is -2.08. The lowest BCUT2D eigenvalue weighted by molar-refractivity contribution is 0.0484. The monoisotopic (exact) mass is 323 g/mol. The van der Waals surface area contributed by atoms with Gasteiger partial charge in [-0.2, -0.15) is 0 Å². The van der Waals surface area contributed by atoms with E-state index in [-0.39, 0.29) is 6.09 Å². The van der Waals surface area contributed by atoms with Crippen molar-refractivity contribution in [2.24, 2.45) is 17.8 Å². The SMILES string of the molecule is CCCOCCOCCNC(=O)OCC1[C@H]2CCC#CCC[C@@H]12. The summed E-state index contributed by atoms with van der Waals surface area (Å²) in [6, 6.07) is 0. The first-order chi connectivity index (χ1) is 11.3. The molecule has 0 saturated heterocycles. The molecule has 1 amide bonds. The molecule has 5 heteroatoms. The number of hydrogen-bond donors (Lipinski definition) is 1. The zero-order valence-electron chi connectivity index (χ0n) is 14.1. The van der Waals surface area contributed by atoms with Gasteiger partial charge in [0, 0.05) is 26.0 Å². The summed E-state index contributed by atoms with van der Waals surface area (Å²) in [7, 11) is 0. The predicted molar refractivity (Wildman–Crippen MR) is 88.0 cm³/mol. The van der Waals surface area contributed by atoms with Gasteiger partial charge in [0.05, 0.1) is 26.4 Å². The molecular formula is C18H29NO4. The first kappa shape index (κ1) is 18.1. The van der Waals surface area contributed by atoms with Crippen molar-refractivity contribution in [2.45, 2.75) is 39.0 Å². The average molecular weight is 323 g/mol. The number of carbonyl (C=O) groups is 1.